The summed E-state index contributed by atoms with van der Waals surface area (Å²) in [5.41, 5.74) is 2.15. The maximum Gasteiger partial charge on any atom is 0.142 e. The average Bonchev–Trinajstić information content (AvgIpc) is 2.48. The molecule has 4 heteroatoms. The molecule has 3 nitrogen and oxygen atoms in total. The second-order valence-corrected chi connectivity index (χ2v) is 5.79. The first-order valence-electron chi connectivity index (χ1n) is 7.00. The summed E-state index contributed by atoms with van der Waals surface area (Å²) < 4.78 is 5.59. The molecule has 0 amide bonds. The van der Waals surface area contributed by atoms with Crippen LogP contribution in [0.5, 0.6) is 5.75 Å². The number of benzene rings is 2. The summed E-state index contributed by atoms with van der Waals surface area (Å²) in [7, 11) is 2.01. The maximum atomic E-state index is 10.3. The van der Waals surface area contributed by atoms with Crippen LogP contribution in [-0.2, 0) is 6.54 Å². The van der Waals surface area contributed by atoms with Crippen LogP contribution in [0.1, 0.15) is 17.2 Å². The number of rotatable bonds is 3. The predicted octanol–water partition coefficient (Wildman–Crippen LogP) is 3.27. The van der Waals surface area contributed by atoms with Gasteiger partial charge in [0.15, 0.2) is 0 Å². The average molecular weight is 304 g/mol. The second-order valence-electron chi connectivity index (χ2n) is 5.38. The van der Waals surface area contributed by atoms with Crippen LogP contribution in [0.2, 0.25) is 5.02 Å². The van der Waals surface area contributed by atoms with E-state index in [2.05, 4.69) is 17.0 Å². The highest BCUT2D eigenvalue weighted by Crippen LogP contribution is 2.40. The third-order valence-corrected chi connectivity index (χ3v) is 4.13. The van der Waals surface area contributed by atoms with Gasteiger partial charge in [0.05, 0.1) is 11.1 Å². The zero-order valence-electron chi connectivity index (χ0n) is 11.9. The topological polar surface area (TPSA) is 32.7 Å². The molecule has 2 unspecified atom stereocenters. The molecule has 0 radical (unpaired) electrons. The van der Waals surface area contributed by atoms with Crippen molar-refractivity contribution in [3.63, 3.8) is 0 Å². The minimum Gasteiger partial charge on any atom is -0.489 e. The summed E-state index contributed by atoms with van der Waals surface area (Å²) in [5.74, 6) is 0.689. The number of ether oxygens (including phenoxy) is 1. The van der Waals surface area contributed by atoms with E-state index in [1.165, 1.54) is 5.56 Å². The number of halogens is 1. The Balaban J connectivity index is 1.89. The lowest BCUT2D eigenvalue weighted by molar-refractivity contribution is 0.00696. The Morgan fingerprint density at radius 1 is 1.19 bits per heavy atom. The Hall–Kier alpha value is -1.55. The molecule has 0 aromatic heterocycles. The third-order valence-electron chi connectivity index (χ3n) is 3.83. The summed E-state index contributed by atoms with van der Waals surface area (Å²) in [6.45, 7) is 1.02. The van der Waals surface area contributed by atoms with E-state index in [1.54, 1.807) is 0 Å². The maximum absolute atomic E-state index is 10.3. The molecule has 2 atom stereocenters. The highest BCUT2D eigenvalue weighted by atomic mass is 35.5. The minimum atomic E-state index is -0.565. The molecule has 1 aliphatic heterocycles. The van der Waals surface area contributed by atoms with Crippen molar-refractivity contribution in [1.29, 1.82) is 0 Å². The highest BCUT2D eigenvalue weighted by Gasteiger charge is 2.33. The fraction of sp³-hybridized carbons (Fsp3) is 0.294. The number of aliphatic hydroxyl groups is 1. The molecule has 1 N–H and O–H groups in total. The molecule has 1 heterocycles. The van der Waals surface area contributed by atoms with E-state index >= 15 is 0 Å². The van der Waals surface area contributed by atoms with Crippen molar-refractivity contribution in [2.45, 2.75) is 18.7 Å². The SMILES string of the molecule is CN(Cc1ccccc1)C1c2cccc(Cl)c2OCC1O. The van der Waals surface area contributed by atoms with Crippen molar-refractivity contribution in [2.75, 3.05) is 13.7 Å². The molecule has 0 aliphatic carbocycles. The molecular weight excluding hydrogens is 286 g/mol. The van der Waals surface area contributed by atoms with Crippen molar-refractivity contribution in [2.24, 2.45) is 0 Å². The molecule has 2 aromatic carbocycles. The van der Waals surface area contributed by atoms with Gasteiger partial charge < -0.3 is 9.84 Å². The number of nitrogens with zero attached hydrogens (tertiary/aromatic N) is 1. The minimum absolute atomic E-state index is 0.118. The van der Waals surface area contributed by atoms with E-state index in [4.69, 9.17) is 16.3 Å². The van der Waals surface area contributed by atoms with Crippen molar-refractivity contribution in [3.05, 3.63) is 64.7 Å². The number of fused-ring (bicyclic) bond motifs is 1. The van der Waals surface area contributed by atoms with Gasteiger partial charge in [-0.05, 0) is 18.7 Å². The monoisotopic (exact) mass is 303 g/mol. The lowest BCUT2D eigenvalue weighted by Gasteiger charge is -2.37. The van der Waals surface area contributed by atoms with Gasteiger partial charge in [-0.15, -0.1) is 0 Å². The molecular formula is C17H18ClNO2. The van der Waals surface area contributed by atoms with E-state index in [9.17, 15) is 5.11 Å². The lowest BCUT2D eigenvalue weighted by Crippen LogP contribution is -2.40. The number of likely N-dealkylation sites (N-methyl/N-ethyl adjacent to an activating group) is 1. The van der Waals surface area contributed by atoms with Crippen LogP contribution in [0.3, 0.4) is 0 Å². The molecule has 110 valence electrons. The zero-order valence-corrected chi connectivity index (χ0v) is 12.6. The van der Waals surface area contributed by atoms with E-state index in [1.807, 2.05) is 43.4 Å². The summed E-state index contributed by atoms with van der Waals surface area (Å²) in [6, 6.07) is 15.8. The fourth-order valence-corrected chi connectivity index (χ4v) is 3.12. The van der Waals surface area contributed by atoms with Gasteiger partial charge in [-0.2, -0.15) is 0 Å². The van der Waals surface area contributed by atoms with Crippen LogP contribution in [0.25, 0.3) is 0 Å². The lowest BCUT2D eigenvalue weighted by atomic mass is 9.96. The van der Waals surface area contributed by atoms with Gasteiger partial charge in [0.2, 0.25) is 0 Å². The number of hydrogen-bond acceptors (Lipinski definition) is 3. The van der Waals surface area contributed by atoms with Gasteiger partial charge in [-0.1, -0.05) is 54.1 Å². The van der Waals surface area contributed by atoms with Crippen LogP contribution >= 0.6 is 11.6 Å². The molecule has 0 saturated carbocycles. The third kappa shape index (κ3) is 2.91. The Morgan fingerprint density at radius 2 is 1.95 bits per heavy atom. The molecule has 1 aliphatic rings. The van der Waals surface area contributed by atoms with Crippen molar-refractivity contribution < 1.29 is 9.84 Å². The number of aliphatic hydroxyl groups excluding tert-OH is 1. The van der Waals surface area contributed by atoms with Gasteiger partial charge >= 0.3 is 0 Å². The van der Waals surface area contributed by atoms with Gasteiger partial charge in [0.25, 0.3) is 0 Å². The quantitative estimate of drug-likeness (QED) is 0.944. The van der Waals surface area contributed by atoms with Crippen molar-refractivity contribution >= 4 is 11.6 Å². The van der Waals surface area contributed by atoms with Crippen molar-refractivity contribution in [3.8, 4) is 5.75 Å². The van der Waals surface area contributed by atoms with Crippen LogP contribution in [0.4, 0.5) is 0 Å². The van der Waals surface area contributed by atoms with E-state index in [-0.39, 0.29) is 12.6 Å². The Morgan fingerprint density at radius 3 is 2.71 bits per heavy atom. The highest BCUT2D eigenvalue weighted by molar-refractivity contribution is 6.32. The van der Waals surface area contributed by atoms with E-state index in [0.29, 0.717) is 10.8 Å². The summed E-state index contributed by atoms with van der Waals surface area (Å²) in [6.07, 6.45) is -0.565. The Bertz CT molecular complexity index is 617. The summed E-state index contributed by atoms with van der Waals surface area (Å²) in [5, 5.41) is 10.9. The molecule has 0 spiro atoms. The van der Waals surface area contributed by atoms with E-state index < -0.39 is 6.10 Å². The van der Waals surface area contributed by atoms with Crippen LogP contribution in [0, 0.1) is 0 Å². The number of hydrogen-bond donors (Lipinski definition) is 1. The molecule has 0 saturated heterocycles. The largest absolute Gasteiger partial charge is 0.489 e. The first-order valence-corrected chi connectivity index (χ1v) is 7.38. The number of para-hydroxylation sites is 1. The van der Waals surface area contributed by atoms with E-state index in [0.717, 1.165) is 12.1 Å². The van der Waals surface area contributed by atoms with Crippen LogP contribution < -0.4 is 4.74 Å². The molecule has 0 bridgehead atoms. The predicted molar refractivity (Wildman–Crippen MR) is 83.6 cm³/mol. The zero-order chi connectivity index (χ0) is 14.8. The fourth-order valence-electron chi connectivity index (χ4n) is 2.88. The molecule has 21 heavy (non-hydrogen) atoms. The summed E-state index contributed by atoms with van der Waals surface area (Å²) >= 11 is 6.19. The van der Waals surface area contributed by atoms with Crippen LogP contribution in [-0.4, -0.2) is 29.8 Å². The first-order chi connectivity index (χ1) is 10.2. The summed E-state index contributed by atoms with van der Waals surface area (Å²) in [4.78, 5) is 2.14. The normalized spacial score (nSPS) is 21.0. The first kappa shape index (κ1) is 14.4. The van der Waals surface area contributed by atoms with Gasteiger partial charge in [0, 0.05) is 12.1 Å². The second kappa shape index (κ2) is 6.06. The molecule has 2 aromatic rings. The van der Waals surface area contributed by atoms with Gasteiger partial charge in [-0.3, -0.25) is 4.90 Å². The Labute approximate surface area is 129 Å². The Kier molecular flexibility index (Phi) is 4.15. The standard InChI is InChI=1S/C17H18ClNO2/c1-19(10-12-6-3-2-4-7-12)16-13-8-5-9-14(18)17(13)21-11-15(16)20/h2-9,15-16,20H,10-11H2,1H3. The van der Waals surface area contributed by atoms with Gasteiger partial charge in [0.1, 0.15) is 18.5 Å². The molecule has 0 fully saturated rings. The van der Waals surface area contributed by atoms with Gasteiger partial charge in [-0.25, -0.2) is 0 Å². The van der Waals surface area contributed by atoms with Crippen molar-refractivity contribution in [1.82, 2.24) is 4.90 Å². The molecule has 3 rings (SSSR count). The smallest absolute Gasteiger partial charge is 0.142 e. The van der Waals surface area contributed by atoms with Crippen LogP contribution in [0.15, 0.2) is 48.5 Å².